The van der Waals surface area contributed by atoms with Crippen LogP contribution in [-0.4, -0.2) is 37.5 Å². The van der Waals surface area contributed by atoms with Crippen molar-refractivity contribution in [3.63, 3.8) is 0 Å². The molecule has 0 spiro atoms. The lowest BCUT2D eigenvalue weighted by Crippen LogP contribution is -2.53. The Hall–Kier alpha value is -3.49. The highest BCUT2D eigenvalue weighted by Crippen LogP contribution is 2.40. The fourth-order valence-corrected chi connectivity index (χ4v) is 3.61. The van der Waals surface area contributed by atoms with Crippen molar-refractivity contribution in [1.82, 2.24) is 5.32 Å². The van der Waals surface area contributed by atoms with Gasteiger partial charge in [0.1, 0.15) is 0 Å². The summed E-state index contributed by atoms with van der Waals surface area (Å²) in [7, 11) is 0. The lowest BCUT2D eigenvalue weighted by atomic mass is 10.0. The van der Waals surface area contributed by atoms with E-state index < -0.39 is 17.6 Å². The first-order valence-corrected chi connectivity index (χ1v) is 9.69. The van der Waals surface area contributed by atoms with Crippen LogP contribution in [0.15, 0.2) is 61.2 Å². The van der Waals surface area contributed by atoms with Crippen molar-refractivity contribution >= 4 is 28.9 Å². The van der Waals surface area contributed by atoms with E-state index in [1.54, 1.807) is 0 Å². The Morgan fingerprint density at radius 3 is 2.35 bits per heavy atom. The first-order chi connectivity index (χ1) is 14.7. The van der Waals surface area contributed by atoms with E-state index in [2.05, 4.69) is 11.9 Å². The van der Waals surface area contributed by atoms with Gasteiger partial charge in [-0.1, -0.05) is 18.7 Å². The van der Waals surface area contributed by atoms with Crippen molar-refractivity contribution < 1.29 is 22.8 Å². The Morgan fingerprint density at radius 1 is 1.13 bits per heavy atom. The molecule has 0 radical (unpaired) electrons. The minimum atomic E-state index is -4.42. The van der Waals surface area contributed by atoms with Gasteiger partial charge in [0.05, 0.1) is 23.0 Å². The van der Waals surface area contributed by atoms with Crippen LogP contribution in [0.4, 0.5) is 30.2 Å². The number of primary amides is 1. The summed E-state index contributed by atoms with van der Waals surface area (Å²) in [6, 6.07) is 12.1. The molecule has 9 heteroatoms. The largest absolute Gasteiger partial charge is 0.416 e. The third-order valence-electron chi connectivity index (χ3n) is 5.12. The minimum Gasteiger partial charge on any atom is -0.370 e. The van der Waals surface area contributed by atoms with Crippen LogP contribution < -0.4 is 20.9 Å². The number of nitrogens with one attached hydrogen (secondary N) is 1. The predicted octanol–water partition coefficient (Wildman–Crippen LogP) is 3.21. The van der Waals surface area contributed by atoms with Crippen LogP contribution in [0.1, 0.15) is 12.0 Å². The number of amides is 2. The molecular formula is C22H23F3N4O2. The molecule has 1 aliphatic heterocycles. The van der Waals surface area contributed by atoms with Crippen LogP contribution in [0.2, 0.25) is 0 Å². The van der Waals surface area contributed by atoms with Crippen molar-refractivity contribution in [2.45, 2.75) is 18.6 Å². The van der Waals surface area contributed by atoms with E-state index in [-0.39, 0.29) is 24.9 Å². The summed E-state index contributed by atoms with van der Waals surface area (Å²) in [6.45, 7) is 4.44. The second-order valence-electron chi connectivity index (χ2n) is 7.16. The number of para-hydroxylation sites is 2. The number of carbonyl (C=O) groups is 2. The van der Waals surface area contributed by atoms with Gasteiger partial charge in [-0.25, -0.2) is 0 Å². The Kier molecular flexibility index (Phi) is 6.53. The molecule has 2 aromatic rings. The van der Waals surface area contributed by atoms with Crippen molar-refractivity contribution in [2.75, 3.05) is 29.4 Å². The highest BCUT2D eigenvalue weighted by atomic mass is 19.4. The first-order valence-electron chi connectivity index (χ1n) is 9.69. The average molecular weight is 432 g/mol. The number of nitrogens with zero attached hydrogens (tertiary/aromatic N) is 2. The zero-order valence-corrected chi connectivity index (χ0v) is 16.7. The number of fused-ring (bicyclic) bond motifs is 1. The van der Waals surface area contributed by atoms with Gasteiger partial charge >= 0.3 is 6.18 Å². The van der Waals surface area contributed by atoms with Gasteiger partial charge in [0.2, 0.25) is 11.8 Å². The molecule has 6 nitrogen and oxygen atoms in total. The zero-order valence-electron chi connectivity index (χ0n) is 16.7. The summed E-state index contributed by atoms with van der Waals surface area (Å²) >= 11 is 0. The molecule has 2 amide bonds. The van der Waals surface area contributed by atoms with Crippen LogP contribution in [0.5, 0.6) is 0 Å². The molecular weight excluding hydrogens is 409 g/mol. The van der Waals surface area contributed by atoms with E-state index in [0.717, 1.165) is 29.6 Å². The molecule has 1 heterocycles. The maximum Gasteiger partial charge on any atom is 0.416 e. The molecule has 1 atom stereocenters. The standard InChI is InChI=1S/C22H23F3N4O2/c1-2-21(31)27-13-17-14-29(16-9-7-15(8-10-16)22(23,24)25)19-6-4-3-5-18(19)28(17)12-11-20(26)30/h2-10,17H,1,11-14H2,(H2,26,30)(H,27,31). The van der Waals surface area contributed by atoms with E-state index in [0.29, 0.717) is 18.8 Å². The van der Waals surface area contributed by atoms with Gasteiger partial charge in [-0.05, 0) is 42.5 Å². The molecule has 2 aromatic carbocycles. The van der Waals surface area contributed by atoms with Crippen LogP contribution in [0.3, 0.4) is 0 Å². The van der Waals surface area contributed by atoms with Gasteiger partial charge in [-0.15, -0.1) is 0 Å². The number of hydrogen-bond donors (Lipinski definition) is 2. The molecule has 3 rings (SSSR count). The summed E-state index contributed by atoms with van der Waals surface area (Å²) in [6.07, 6.45) is -3.12. The average Bonchev–Trinajstić information content (AvgIpc) is 2.75. The monoisotopic (exact) mass is 432 g/mol. The molecule has 0 saturated heterocycles. The van der Waals surface area contributed by atoms with Gasteiger partial charge in [-0.2, -0.15) is 13.2 Å². The van der Waals surface area contributed by atoms with E-state index in [1.165, 1.54) is 12.1 Å². The van der Waals surface area contributed by atoms with Gasteiger partial charge < -0.3 is 20.9 Å². The normalized spacial score (nSPS) is 15.9. The molecule has 31 heavy (non-hydrogen) atoms. The molecule has 1 aliphatic rings. The van der Waals surface area contributed by atoms with Crippen molar-refractivity contribution in [2.24, 2.45) is 5.73 Å². The highest BCUT2D eigenvalue weighted by molar-refractivity contribution is 5.87. The molecule has 3 N–H and O–H groups in total. The van der Waals surface area contributed by atoms with E-state index >= 15 is 0 Å². The zero-order chi connectivity index (χ0) is 22.6. The summed E-state index contributed by atoms with van der Waals surface area (Å²) in [4.78, 5) is 27.0. The Balaban J connectivity index is 1.97. The lowest BCUT2D eigenvalue weighted by Gasteiger charge is -2.44. The molecule has 0 bridgehead atoms. The maximum atomic E-state index is 13.0. The third kappa shape index (κ3) is 5.17. The van der Waals surface area contributed by atoms with E-state index in [9.17, 15) is 22.8 Å². The topological polar surface area (TPSA) is 78.7 Å². The van der Waals surface area contributed by atoms with Crippen LogP contribution in [0, 0.1) is 0 Å². The number of anilines is 3. The van der Waals surface area contributed by atoms with Crippen molar-refractivity contribution in [3.05, 3.63) is 66.7 Å². The number of alkyl halides is 3. The van der Waals surface area contributed by atoms with E-state index in [1.807, 2.05) is 34.1 Å². The van der Waals surface area contributed by atoms with Crippen LogP contribution in [-0.2, 0) is 15.8 Å². The third-order valence-corrected chi connectivity index (χ3v) is 5.12. The fraction of sp³-hybridized carbons (Fsp3) is 0.273. The Labute approximate surface area is 178 Å². The summed E-state index contributed by atoms with van der Waals surface area (Å²) in [5.41, 5.74) is 6.79. The molecule has 164 valence electrons. The van der Waals surface area contributed by atoms with Gasteiger partial charge in [0, 0.05) is 31.7 Å². The number of benzene rings is 2. The number of halogens is 3. The molecule has 0 saturated carbocycles. The molecule has 0 aromatic heterocycles. The number of hydrogen-bond acceptors (Lipinski definition) is 4. The fourth-order valence-electron chi connectivity index (χ4n) is 3.61. The van der Waals surface area contributed by atoms with Crippen molar-refractivity contribution in [1.29, 1.82) is 0 Å². The minimum absolute atomic E-state index is 0.126. The molecule has 0 fully saturated rings. The Bertz CT molecular complexity index is 960. The second-order valence-corrected chi connectivity index (χ2v) is 7.16. The number of carbonyl (C=O) groups excluding carboxylic acids is 2. The van der Waals surface area contributed by atoms with Gasteiger partial charge in [0.25, 0.3) is 0 Å². The SMILES string of the molecule is C=CC(=O)NCC1CN(c2ccc(C(F)(F)F)cc2)c2ccccc2N1CCC(N)=O. The highest BCUT2D eigenvalue weighted by Gasteiger charge is 2.33. The smallest absolute Gasteiger partial charge is 0.370 e. The van der Waals surface area contributed by atoms with Gasteiger partial charge in [-0.3, -0.25) is 9.59 Å². The summed E-state index contributed by atoms with van der Waals surface area (Å²) in [5, 5.41) is 2.76. The van der Waals surface area contributed by atoms with E-state index in [4.69, 9.17) is 5.73 Å². The lowest BCUT2D eigenvalue weighted by molar-refractivity contribution is -0.137. The Morgan fingerprint density at radius 2 is 1.77 bits per heavy atom. The van der Waals surface area contributed by atoms with Crippen LogP contribution >= 0.6 is 0 Å². The maximum absolute atomic E-state index is 13.0. The summed E-state index contributed by atoms with van der Waals surface area (Å²) in [5.74, 6) is -0.786. The molecule has 0 aliphatic carbocycles. The number of nitrogens with two attached hydrogens (primary N) is 1. The van der Waals surface area contributed by atoms with Gasteiger partial charge in [0.15, 0.2) is 0 Å². The quantitative estimate of drug-likeness (QED) is 0.659. The summed E-state index contributed by atoms with van der Waals surface area (Å²) < 4.78 is 38.9. The molecule has 1 unspecified atom stereocenters. The first kappa shape index (κ1) is 22.2. The number of rotatable bonds is 7. The second kappa shape index (κ2) is 9.11. The van der Waals surface area contributed by atoms with Crippen LogP contribution in [0.25, 0.3) is 0 Å². The van der Waals surface area contributed by atoms with Crippen molar-refractivity contribution in [3.8, 4) is 0 Å². The predicted molar refractivity (Wildman–Crippen MR) is 113 cm³/mol.